The third-order valence-electron chi connectivity index (χ3n) is 10.2. The van der Waals surface area contributed by atoms with E-state index in [0.717, 1.165) is 30.4 Å². The minimum absolute atomic E-state index is 0.0199. The largest absolute Gasteiger partial charge is 0.472 e. The molecule has 0 unspecified atom stereocenters. The van der Waals surface area contributed by atoms with Gasteiger partial charge in [-0.15, -0.1) is 0 Å². The van der Waals surface area contributed by atoms with Crippen LogP contribution in [-0.2, 0) is 14.3 Å². The van der Waals surface area contributed by atoms with Crippen LogP contribution in [0.25, 0.3) is 0 Å². The number of aliphatic hydroxyl groups excluding tert-OH is 2. The molecule has 2 N–H and O–H groups in total. The molecule has 0 amide bonds. The van der Waals surface area contributed by atoms with Gasteiger partial charge < -0.3 is 19.4 Å². The molecule has 184 valence electrons. The Morgan fingerprint density at radius 1 is 1.21 bits per heavy atom. The number of hydrogen-bond acceptors (Lipinski definition) is 6. The number of aliphatic hydroxyl groups is 2. The van der Waals surface area contributed by atoms with Crippen molar-refractivity contribution in [1.29, 1.82) is 0 Å². The molecule has 0 spiro atoms. The van der Waals surface area contributed by atoms with Crippen molar-refractivity contribution < 1.29 is 29.0 Å². The van der Waals surface area contributed by atoms with E-state index in [2.05, 4.69) is 13.0 Å². The molecule has 6 heteroatoms. The lowest BCUT2D eigenvalue weighted by Crippen LogP contribution is -2.71. The number of hydrogen-bond donors (Lipinski definition) is 2. The van der Waals surface area contributed by atoms with E-state index >= 15 is 0 Å². The number of carbonyl (C=O) groups is 2. The van der Waals surface area contributed by atoms with Crippen LogP contribution >= 0.6 is 0 Å². The number of esters is 1. The number of fused-ring (bicyclic) bond motifs is 5. The summed E-state index contributed by atoms with van der Waals surface area (Å²) in [5.41, 5.74) is -0.297. The van der Waals surface area contributed by atoms with E-state index in [1.807, 2.05) is 26.8 Å². The van der Waals surface area contributed by atoms with E-state index in [1.165, 1.54) is 6.92 Å². The molecule has 1 heterocycles. The maximum absolute atomic E-state index is 13.6. The van der Waals surface area contributed by atoms with Gasteiger partial charge in [-0.1, -0.05) is 45.4 Å². The van der Waals surface area contributed by atoms with E-state index in [0.29, 0.717) is 0 Å². The molecule has 1 aromatic rings. The summed E-state index contributed by atoms with van der Waals surface area (Å²) in [6.45, 7) is 9.59. The molecule has 1 aromatic heterocycles. The summed E-state index contributed by atoms with van der Waals surface area (Å²) in [4.78, 5) is 25.2. The smallest absolute Gasteiger partial charge is 0.302 e. The molecular weight excluding hydrogens is 432 g/mol. The molecule has 2 saturated carbocycles. The Balaban J connectivity index is 1.60. The Hall–Kier alpha value is -2.18. The molecule has 0 radical (unpaired) electrons. The van der Waals surface area contributed by atoms with Crippen LogP contribution in [-0.4, -0.2) is 40.8 Å². The summed E-state index contributed by atoms with van der Waals surface area (Å²) in [7, 11) is 0. The van der Waals surface area contributed by atoms with Crippen molar-refractivity contribution in [2.45, 2.75) is 72.0 Å². The van der Waals surface area contributed by atoms with Gasteiger partial charge in [0.1, 0.15) is 6.61 Å². The number of allylic oxidation sites excluding steroid dienone is 2. The lowest BCUT2D eigenvalue weighted by Gasteiger charge is -2.67. The predicted octanol–water partition coefficient (Wildman–Crippen LogP) is 4.18. The van der Waals surface area contributed by atoms with Crippen LogP contribution in [0.5, 0.6) is 0 Å². The molecular formula is C28H36O6. The van der Waals surface area contributed by atoms with Gasteiger partial charge in [-0.25, -0.2) is 0 Å². The van der Waals surface area contributed by atoms with E-state index < -0.39 is 40.3 Å². The lowest BCUT2D eigenvalue weighted by molar-refractivity contribution is -0.227. The van der Waals surface area contributed by atoms with Crippen molar-refractivity contribution in [3.63, 3.8) is 0 Å². The van der Waals surface area contributed by atoms with Crippen LogP contribution in [0.15, 0.2) is 46.8 Å². The van der Waals surface area contributed by atoms with Gasteiger partial charge in [0.05, 0.1) is 24.7 Å². The Labute approximate surface area is 201 Å². The average Bonchev–Trinajstić information content (AvgIpc) is 3.42. The van der Waals surface area contributed by atoms with Crippen molar-refractivity contribution in [2.24, 2.45) is 33.5 Å². The fourth-order valence-corrected chi connectivity index (χ4v) is 8.71. The minimum Gasteiger partial charge on any atom is -0.472 e. The Bertz CT molecular complexity index is 1070. The van der Waals surface area contributed by atoms with Crippen LogP contribution in [0.4, 0.5) is 0 Å². The number of ketones is 1. The first-order valence-corrected chi connectivity index (χ1v) is 12.4. The molecule has 0 aromatic carbocycles. The maximum Gasteiger partial charge on any atom is 0.302 e. The van der Waals surface area contributed by atoms with Gasteiger partial charge in [0.25, 0.3) is 0 Å². The second-order valence-corrected chi connectivity index (χ2v) is 11.9. The van der Waals surface area contributed by atoms with Crippen molar-refractivity contribution in [3.8, 4) is 0 Å². The number of rotatable bonds is 3. The third-order valence-corrected chi connectivity index (χ3v) is 10.2. The molecule has 0 bridgehead atoms. The van der Waals surface area contributed by atoms with Crippen molar-refractivity contribution in [1.82, 2.24) is 0 Å². The Morgan fingerprint density at radius 2 is 1.94 bits per heavy atom. The Morgan fingerprint density at radius 3 is 2.59 bits per heavy atom. The first kappa shape index (κ1) is 23.6. The number of ether oxygens (including phenoxy) is 1. The van der Waals surface area contributed by atoms with E-state index in [9.17, 15) is 19.8 Å². The molecule has 4 aliphatic rings. The second-order valence-electron chi connectivity index (χ2n) is 11.9. The zero-order valence-electron chi connectivity index (χ0n) is 20.7. The summed E-state index contributed by atoms with van der Waals surface area (Å²) in [6, 6.07) is 2.01. The van der Waals surface area contributed by atoms with Crippen LogP contribution < -0.4 is 0 Å². The van der Waals surface area contributed by atoms with Gasteiger partial charge in [0, 0.05) is 29.1 Å². The highest BCUT2D eigenvalue weighted by Gasteiger charge is 2.72. The van der Waals surface area contributed by atoms with Gasteiger partial charge in [0.15, 0.2) is 5.78 Å². The highest BCUT2D eigenvalue weighted by molar-refractivity contribution is 5.97. The second kappa shape index (κ2) is 7.41. The summed E-state index contributed by atoms with van der Waals surface area (Å²) in [5.74, 6) is -0.904. The molecule has 4 aliphatic carbocycles. The van der Waals surface area contributed by atoms with Gasteiger partial charge in [-0.2, -0.15) is 0 Å². The zero-order valence-corrected chi connectivity index (χ0v) is 20.7. The molecule has 9 atom stereocenters. The van der Waals surface area contributed by atoms with Gasteiger partial charge in [0.2, 0.25) is 0 Å². The monoisotopic (exact) mass is 468 g/mol. The normalized spacial score (nSPS) is 47.4. The van der Waals surface area contributed by atoms with Crippen molar-refractivity contribution in [3.05, 3.63) is 48.0 Å². The highest BCUT2D eigenvalue weighted by atomic mass is 16.5. The average molecular weight is 469 g/mol. The molecule has 6 nitrogen and oxygen atoms in total. The SMILES string of the molecule is CC(=O)OC[C@]1(C)C=CC(=O)[C@]2(C)[C@H]3CC[C@@]4(C)C(=CC[C@H]4c4ccoc4)[C@]3(C)[C@H](O)[C@H](O)[C@H]21. The minimum atomic E-state index is -1.14. The highest BCUT2D eigenvalue weighted by Crippen LogP contribution is 2.72. The number of carbonyl (C=O) groups excluding carboxylic acids is 2. The van der Waals surface area contributed by atoms with Gasteiger partial charge in [-0.05, 0) is 54.2 Å². The fraction of sp³-hybridized carbons (Fsp3) is 0.643. The standard InChI is InChI=1S/C28H36O6/c1-16(29)34-15-25(2)11-9-21(30)28(5)20-8-12-26(3)18(17-10-13-33-14-17)6-7-19(26)27(20,4)24(32)22(31)23(25)28/h7,9-11,13-14,18,20,22-24,31-32H,6,8,12,15H2,1-5H3/t18-,20-,22+,23-,24+,25-,26+,27-,28-/m0/s1. The summed E-state index contributed by atoms with van der Waals surface area (Å²) < 4.78 is 10.8. The fourth-order valence-electron chi connectivity index (χ4n) is 8.71. The first-order chi connectivity index (χ1) is 15.9. The molecule has 0 aliphatic heterocycles. The van der Waals surface area contributed by atoms with Crippen molar-refractivity contribution in [2.75, 3.05) is 6.61 Å². The summed E-state index contributed by atoms with van der Waals surface area (Å²) in [6.07, 6.45) is 9.43. The maximum atomic E-state index is 13.6. The van der Waals surface area contributed by atoms with Crippen LogP contribution in [0.2, 0.25) is 0 Å². The topological polar surface area (TPSA) is 97.0 Å². The summed E-state index contributed by atoms with van der Waals surface area (Å²) in [5, 5.41) is 23.5. The van der Waals surface area contributed by atoms with Crippen molar-refractivity contribution >= 4 is 11.8 Å². The first-order valence-electron chi connectivity index (χ1n) is 12.4. The lowest BCUT2D eigenvalue weighted by atomic mass is 9.37. The summed E-state index contributed by atoms with van der Waals surface area (Å²) >= 11 is 0. The van der Waals surface area contributed by atoms with E-state index in [4.69, 9.17) is 9.15 Å². The number of furan rings is 1. The quantitative estimate of drug-likeness (QED) is 0.510. The molecule has 5 rings (SSSR count). The zero-order chi connectivity index (χ0) is 24.7. The molecule has 0 saturated heterocycles. The molecule has 2 fully saturated rings. The molecule has 34 heavy (non-hydrogen) atoms. The van der Waals surface area contributed by atoms with E-state index in [-0.39, 0.29) is 29.6 Å². The van der Waals surface area contributed by atoms with Gasteiger partial charge >= 0.3 is 5.97 Å². The van der Waals surface area contributed by atoms with Crippen LogP contribution in [0, 0.1) is 33.5 Å². The predicted molar refractivity (Wildman–Crippen MR) is 126 cm³/mol. The third kappa shape index (κ3) is 2.81. The van der Waals surface area contributed by atoms with E-state index in [1.54, 1.807) is 24.7 Å². The Kier molecular flexibility index (Phi) is 5.13. The van der Waals surface area contributed by atoms with Crippen LogP contribution in [0.3, 0.4) is 0 Å². The van der Waals surface area contributed by atoms with Gasteiger partial charge in [-0.3, -0.25) is 9.59 Å². The van der Waals surface area contributed by atoms with Crippen LogP contribution in [0.1, 0.15) is 65.4 Å².